The zero-order valence-electron chi connectivity index (χ0n) is 17.7. The lowest BCUT2D eigenvalue weighted by atomic mass is 10.1. The van der Waals surface area contributed by atoms with Crippen molar-refractivity contribution in [3.63, 3.8) is 0 Å². The second-order valence-corrected chi connectivity index (χ2v) is 7.40. The highest BCUT2D eigenvalue weighted by molar-refractivity contribution is 6.01. The highest BCUT2D eigenvalue weighted by atomic mass is 16.6. The van der Waals surface area contributed by atoms with Gasteiger partial charge < -0.3 is 19.5 Å². The van der Waals surface area contributed by atoms with Crippen LogP contribution in [-0.4, -0.2) is 37.0 Å². The number of nitrogens with one attached hydrogen (secondary N) is 1. The van der Waals surface area contributed by atoms with Crippen LogP contribution in [0.15, 0.2) is 48.5 Å². The van der Waals surface area contributed by atoms with Crippen molar-refractivity contribution in [3.8, 4) is 11.5 Å². The molecule has 7 nitrogen and oxygen atoms in total. The highest BCUT2D eigenvalue weighted by Gasteiger charge is 2.19. The summed E-state index contributed by atoms with van der Waals surface area (Å²) in [6, 6.07) is 11.8. The van der Waals surface area contributed by atoms with Gasteiger partial charge in [0.2, 0.25) is 11.7 Å². The maximum atomic E-state index is 12.5. The van der Waals surface area contributed by atoms with E-state index in [1.54, 1.807) is 62.4 Å². The van der Waals surface area contributed by atoms with Crippen LogP contribution >= 0.6 is 0 Å². The Bertz CT molecular complexity index is 994. The first-order valence-electron chi connectivity index (χ1n) is 10.1. The Hall–Kier alpha value is -3.61. The summed E-state index contributed by atoms with van der Waals surface area (Å²) in [5, 5.41) is 2.76. The Labute approximate surface area is 181 Å². The van der Waals surface area contributed by atoms with Gasteiger partial charge in [0.05, 0.1) is 0 Å². The molecule has 0 spiro atoms. The van der Waals surface area contributed by atoms with Gasteiger partial charge in [0, 0.05) is 23.2 Å². The van der Waals surface area contributed by atoms with E-state index in [2.05, 4.69) is 5.32 Å². The van der Waals surface area contributed by atoms with E-state index < -0.39 is 12.1 Å². The van der Waals surface area contributed by atoms with Gasteiger partial charge in [-0.05, 0) is 55.0 Å². The Morgan fingerprint density at radius 2 is 1.65 bits per heavy atom. The topological polar surface area (TPSA) is 90.9 Å². The molecule has 1 amide bonds. The van der Waals surface area contributed by atoms with E-state index in [4.69, 9.17) is 14.2 Å². The number of fused-ring (bicyclic) bond motifs is 1. The smallest absolute Gasteiger partial charge is 0.331 e. The SMILES string of the molecule is CC(C)C(=O)Nc1ccc(C(=O)[C@H](C)OC(=O)/C=C/c2ccc3c(c2)OCCO3)cc1. The molecule has 0 saturated heterocycles. The van der Waals surface area contributed by atoms with Gasteiger partial charge in [0.25, 0.3) is 0 Å². The van der Waals surface area contributed by atoms with Crippen LogP contribution in [0.2, 0.25) is 0 Å². The molecular formula is C24H25NO6. The fourth-order valence-electron chi connectivity index (χ4n) is 2.83. The summed E-state index contributed by atoms with van der Waals surface area (Å²) in [4.78, 5) is 36.4. The van der Waals surface area contributed by atoms with E-state index in [1.807, 2.05) is 0 Å². The number of hydrogen-bond donors (Lipinski definition) is 1. The summed E-state index contributed by atoms with van der Waals surface area (Å²) in [5.74, 6) is 0.0832. The number of amides is 1. The zero-order valence-corrected chi connectivity index (χ0v) is 17.7. The van der Waals surface area contributed by atoms with Crippen LogP contribution in [-0.2, 0) is 14.3 Å². The van der Waals surface area contributed by atoms with Gasteiger partial charge in [-0.25, -0.2) is 4.79 Å². The molecule has 2 aromatic rings. The molecule has 2 aromatic carbocycles. The Morgan fingerprint density at radius 3 is 2.32 bits per heavy atom. The van der Waals surface area contributed by atoms with Crippen LogP contribution in [0, 0.1) is 5.92 Å². The number of ether oxygens (including phenoxy) is 3. The molecule has 0 bridgehead atoms. The number of benzene rings is 2. The molecule has 1 N–H and O–H groups in total. The standard InChI is InChI=1S/C24H25NO6/c1-15(2)24(28)25-19-8-6-18(7-9-19)23(27)16(3)31-22(26)11-5-17-4-10-20-21(14-17)30-13-12-29-20/h4-11,14-16H,12-13H2,1-3H3,(H,25,28)/b11-5+/t16-/m0/s1. The number of carbonyl (C=O) groups excluding carboxylic acids is 3. The minimum Gasteiger partial charge on any atom is -0.486 e. The van der Waals surface area contributed by atoms with Crippen molar-refractivity contribution >= 4 is 29.4 Å². The zero-order chi connectivity index (χ0) is 22.4. The minimum absolute atomic E-state index is 0.105. The van der Waals surface area contributed by atoms with E-state index in [1.165, 1.54) is 13.0 Å². The fraction of sp³-hybridized carbons (Fsp3) is 0.292. The molecular weight excluding hydrogens is 398 g/mol. The quantitative estimate of drug-likeness (QED) is 0.413. The molecule has 0 aliphatic carbocycles. The van der Waals surface area contributed by atoms with Crippen molar-refractivity contribution in [1.29, 1.82) is 0 Å². The lowest BCUT2D eigenvalue weighted by Crippen LogP contribution is -2.23. The summed E-state index contributed by atoms with van der Waals surface area (Å²) < 4.78 is 16.2. The maximum Gasteiger partial charge on any atom is 0.331 e. The molecule has 3 rings (SSSR count). The van der Waals surface area contributed by atoms with Crippen molar-refractivity contribution in [1.82, 2.24) is 0 Å². The van der Waals surface area contributed by atoms with Crippen molar-refractivity contribution in [3.05, 3.63) is 59.7 Å². The molecule has 1 aliphatic heterocycles. The average molecular weight is 423 g/mol. The third kappa shape index (κ3) is 5.94. The number of carbonyl (C=O) groups is 3. The third-order valence-corrected chi connectivity index (χ3v) is 4.60. The van der Waals surface area contributed by atoms with Gasteiger partial charge in [-0.1, -0.05) is 19.9 Å². The number of ketones is 1. The third-order valence-electron chi connectivity index (χ3n) is 4.60. The van der Waals surface area contributed by atoms with Crippen molar-refractivity contribution in [2.24, 2.45) is 5.92 Å². The number of rotatable bonds is 7. The summed E-state index contributed by atoms with van der Waals surface area (Å²) >= 11 is 0. The van der Waals surface area contributed by atoms with Crippen LogP contribution in [0.25, 0.3) is 6.08 Å². The Kier molecular flexibility index (Phi) is 7.07. The molecule has 0 radical (unpaired) electrons. The summed E-state index contributed by atoms with van der Waals surface area (Å²) in [7, 11) is 0. The van der Waals surface area contributed by atoms with E-state index in [0.29, 0.717) is 36.0 Å². The maximum absolute atomic E-state index is 12.5. The number of anilines is 1. The van der Waals surface area contributed by atoms with Gasteiger partial charge in [-0.2, -0.15) is 0 Å². The molecule has 1 aliphatic rings. The van der Waals surface area contributed by atoms with E-state index >= 15 is 0 Å². The summed E-state index contributed by atoms with van der Waals surface area (Å²) in [6.45, 7) is 6.10. The first-order chi connectivity index (χ1) is 14.8. The van der Waals surface area contributed by atoms with Gasteiger partial charge in [-0.15, -0.1) is 0 Å². The number of Topliss-reactive ketones (excluding diaryl/α,β-unsaturated/α-hetero) is 1. The second kappa shape index (κ2) is 9.93. The van der Waals surface area contributed by atoms with Crippen molar-refractivity contribution in [2.45, 2.75) is 26.9 Å². The minimum atomic E-state index is -0.950. The number of esters is 1. The van der Waals surface area contributed by atoms with E-state index in [9.17, 15) is 14.4 Å². The number of hydrogen-bond acceptors (Lipinski definition) is 6. The van der Waals surface area contributed by atoms with E-state index in [0.717, 1.165) is 5.56 Å². The van der Waals surface area contributed by atoms with Gasteiger partial charge >= 0.3 is 5.97 Å². The molecule has 1 atom stereocenters. The van der Waals surface area contributed by atoms with Crippen LogP contribution in [0.3, 0.4) is 0 Å². The summed E-state index contributed by atoms with van der Waals surface area (Å²) in [5.41, 5.74) is 1.74. The highest BCUT2D eigenvalue weighted by Crippen LogP contribution is 2.31. The molecule has 7 heteroatoms. The normalized spacial score (nSPS) is 13.7. The van der Waals surface area contributed by atoms with Gasteiger partial charge in [-0.3, -0.25) is 9.59 Å². The van der Waals surface area contributed by atoms with Crippen LogP contribution in [0.1, 0.15) is 36.7 Å². The average Bonchev–Trinajstić information content (AvgIpc) is 2.77. The van der Waals surface area contributed by atoms with Gasteiger partial charge in [0.1, 0.15) is 13.2 Å². The molecule has 0 fully saturated rings. The summed E-state index contributed by atoms with van der Waals surface area (Å²) in [6.07, 6.45) is 1.90. The van der Waals surface area contributed by atoms with Crippen LogP contribution in [0.4, 0.5) is 5.69 Å². The van der Waals surface area contributed by atoms with Crippen molar-refractivity contribution < 1.29 is 28.6 Å². The molecule has 0 aromatic heterocycles. The van der Waals surface area contributed by atoms with E-state index in [-0.39, 0.29) is 17.6 Å². The first kappa shape index (κ1) is 22.1. The first-order valence-corrected chi connectivity index (χ1v) is 10.1. The lowest BCUT2D eigenvalue weighted by Gasteiger charge is -2.18. The molecule has 1 heterocycles. The Balaban J connectivity index is 1.56. The van der Waals surface area contributed by atoms with Gasteiger partial charge in [0.15, 0.2) is 17.6 Å². The lowest BCUT2D eigenvalue weighted by molar-refractivity contribution is -0.140. The van der Waals surface area contributed by atoms with Crippen molar-refractivity contribution in [2.75, 3.05) is 18.5 Å². The second-order valence-electron chi connectivity index (χ2n) is 7.40. The van der Waals surface area contributed by atoms with Crippen LogP contribution in [0.5, 0.6) is 11.5 Å². The monoisotopic (exact) mass is 423 g/mol. The fourth-order valence-corrected chi connectivity index (χ4v) is 2.83. The molecule has 31 heavy (non-hydrogen) atoms. The predicted octanol–water partition coefficient (Wildman–Crippen LogP) is 3.88. The predicted molar refractivity (Wildman–Crippen MR) is 116 cm³/mol. The molecule has 162 valence electrons. The molecule has 0 unspecified atom stereocenters. The van der Waals surface area contributed by atoms with Crippen LogP contribution < -0.4 is 14.8 Å². The Morgan fingerprint density at radius 1 is 0.968 bits per heavy atom. The molecule has 0 saturated carbocycles. The largest absolute Gasteiger partial charge is 0.486 e.